The second-order valence-electron chi connectivity index (χ2n) is 6.93. The smallest absolute Gasteiger partial charge is 0.231 e. The highest BCUT2D eigenvalue weighted by molar-refractivity contribution is 5.45. The Morgan fingerprint density at radius 2 is 1.92 bits per heavy atom. The Morgan fingerprint density at radius 1 is 1.04 bits per heavy atom. The van der Waals surface area contributed by atoms with E-state index in [2.05, 4.69) is 31.3 Å². The molecule has 2 N–H and O–H groups in total. The van der Waals surface area contributed by atoms with E-state index in [1.54, 1.807) is 6.26 Å². The van der Waals surface area contributed by atoms with Crippen molar-refractivity contribution in [2.24, 2.45) is 5.92 Å². The third kappa shape index (κ3) is 4.54. The lowest BCUT2D eigenvalue weighted by Crippen LogP contribution is -2.82. The number of ether oxygens (including phenoxy) is 2. The Kier molecular flexibility index (Phi) is 5.81. The van der Waals surface area contributed by atoms with Crippen LogP contribution in [-0.2, 0) is 6.54 Å². The van der Waals surface area contributed by atoms with Crippen LogP contribution >= 0.6 is 0 Å². The van der Waals surface area contributed by atoms with Gasteiger partial charge in [0, 0.05) is 6.42 Å². The predicted octanol–water partition coefficient (Wildman–Crippen LogP) is 3.68. The molecule has 24 heavy (non-hydrogen) atoms. The fraction of sp³-hybridized carbons (Fsp3) is 0.500. The van der Waals surface area contributed by atoms with Gasteiger partial charge in [-0.3, -0.25) is 0 Å². The van der Waals surface area contributed by atoms with Gasteiger partial charge in [-0.2, -0.15) is 0 Å². The Hall–Kier alpha value is -1.94. The third-order valence-electron chi connectivity index (χ3n) is 4.61. The summed E-state index contributed by atoms with van der Waals surface area (Å²) in [6.45, 7) is 6.93. The van der Waals surface area contributed by atoms with Crippen LogP contribution in [-0.4, -0.2) is 13.3 Å². The number of quaternary nitrogens is 1. The Bertz CT molecular complexity index is 622. The quantitative estimate of drug-likeness (QED) is 0.714. The predicted molar refractivity (Wildman–Crippen MR) is 93.2 cm³/mol. The number of furan rings is 1. The van der Waals surface area contributed by atoms with E-state index in [1.165, 1.54) is 18.4 Å². The van der Waals surface area contributed by atoms with Gasteiger partial charge in [0.2, 0.25) is 6.79 Å². The summed E-state index contributed by atoms with van der Waals surface area (Å²) in [5.41, 5.74) is 1.37. The van der Waals surface area contributed by atoms with Crippen molar-refractivity contribution in [1.82, 2.24) is 0 Å². The molecule has 4 nitrogen and oxygen atoms in total. The highest BCUT2D eigenvalue weighted by Gasteiger charge is 2.19. The summed E-state index contributed by atoms with van der Waals surface area (Å²) < 4.78 is 16.4. The maximum absolute atomic E-state index is 5.55. The molecule has 1 aliphatic rings. The zero-order chi connectivity index (χ0) is 16.8. The van der Waals surface area contributed by atoms with Crippen molar-refractivity contribution in [2.75, 3.05) is 13.3 Å². The van der Waals surface area contributed by atoms with Crippen LogP contribution in [0.1, 0.15) is 50.4 Å². The van der Waals surface area contributed by atoms with Crippen molar-refractivity contribution in [1.29, 1.82) is 0 Å². The number of benzene rings is 1. The first-order valence-corrected chi connectivity index (χ1v) is 8.96. The molecule has 0 unspecified atom stereocenters. The van der Waals surface area contributed by atoms with Crippen LogP contribution < -0.4 is 14.8 Å². The summed E-state index contributed by atoms with van der Waals surface area (Å²) in [5, 5.41) is 2.33. The van der Waals surface area contributed by atoms with Crippen molar-refractivity contribution in [3.63, 3.8) is 0 Å². The number of hydrogen-bond donors (Lipinski definition) is 1. The molecule has 0 saturated carbocycles. The lowest BCUT2D eigenvalue weighted by Gasteiger charge is -2.18. The van der Waals surface area contributed by atoms with Crippen molar-refractivity contribution < 1.29 is 19.2 Å². The van der Waals surface area contributed by atoms with Crippen LogP contribution in [0.25, 0.3) is 0 Å². The molecule has 2 heterocycles. The first kappa shape index (κ1) is 16.9. The first-order chi connectivity index (χ1) is 11.7. The Balaban J connectivity index is 1.57. The summed E-state index contributed by atoms with van der Waals surface area (Å²) in [7, 11) is 0. The van der Waals surface area contributed by atoms with Crippen LogP contribution in [0.2, 0.25) is 0 Å². The fourth-order valence-electron chi connectivity index (χ4n) is 3.17. The largest absolute Gasteiger partial charge is 0.463 e. The lowest BCUT2D eigenvalue weighted by molar-refractivity contribution is -0.672. The van der Waals surface area contributed by atoms with Crippen LogP contribution in [0, 0.1) is 5.92 Å². The van der Waals surface area contributed by atoms with E-state index in [9.17, 15) is 0 Å². The number of hydrogen-bond acceptors (Lipinski definition) is 3. The lowest BCUT2D eigenvalue weighted by atomic mass is 9.88. The maximum atomic E-state index is 5.55. The molecular formula is C20H28NO3+. The highest BCUT2D eigenvalue weighted by Crippen LogP contribution is 2.36. The van der Waals surface area contributed by atoms with Gasteiger partial charge in [-0.1, -0.05) is 26.3 Å². The average molecular weight is 330 g/mol. The van der Waals surface area contributed by atoms with Gasteiger partial charge in [-0.25, -0.2) is 0 Å². The van der Waals surface area contributed by atoms with Crippen molar-refractivity contribution in [3.05, 3.63) is 47.9 Å². The molecule has 0 fully saturated rings. The number of nitrogens with two attached hydrogens (primary N) is 1. The van der Waals surface area contributed by atoms with Crippen molar-refractivity contribution in [3.8, 4) is 11.5 Å². The molecule has 1 aromatic carbocycles. The molecule has 1 atom stereocenters. The SMILES string of the molecule is CC(C)CC[C@@H](CC[NH2+]Cc1ccco1)c1ccc2c(c1)OCO2. The Labute approximate surface area is 144 Å². The minimum Gasteiger partial charge on any atom is -0.463 e. The molecule has 0 spiro atoms. The number of rotatable bonds is 9. The summed E-state index contributed by atoms with van der Waals surface area (Å²) in [6.07, 6.45) is 5.36. The summed E-state index contributed by atoms with van der Waals surface area (Å²) in [5.74, 6) is 4.09. The van der Waals surface area contributed by atoms with E-state index in [-0.39, 0.29) is 0 Å². The summed E-state index contributed by atoms with van der Waals surface area (Å²) in [4.78, 5) is 0. The van der Waals surface area contributed by atoms with Gasteiger partial charge < -0.3 is 19.2 Å². The molecule has 130 valence electrons. The van der Waals surface area contributed by atoms with E-state index in [0.29, 0.717) is 12.7 Å². The highest BCUT2D eigenvalue weighted by atomic mass is 16.7. The molecule has 1 aliphatic heterocycles. The van der Waals surface area contributed by atoms with Crippen LogP contribution in [0.15, 0.2) is 41.0 Å². The van der Waals surface area contributed by atoms with Gasteiger partial charge in [0.05, 0.1) is 12.8 Å². The summed E-state index contributed by atoms with van der Waals surface area (Å²) in [6, 6.07) is 10.4. The first-order valence-electron chi connectivity index (χ1n) is 8.96. The van der Waals surface area contributed by atoms with Crippen molar-refractivity contribution in [2.45, 2.75) is 45.6 Å². The molecular weight excluding hydrogens is 302 g/mol. The molecule has 0 saturated heterocycles. The zero-order valence-corrected chi connectivity index (χ0v) is 14.7. The van der Waals surface area contributed by atoms with E-state index in [0.717, 1.165) is 42.7 Å². The topological polar surface area (TPSA) is 48.2 Å². The molecule has 0 amide bonds. The second-order valence-corrected chi connectivity index (χ2v) is 6.93. The van der Waals surface area contributed by atoms with E-state index in [4.69, 9.17) is 13.9 Å². The van der Waals surface area contributed by atoms with Crippen LogP contribution in [0.5, 0.6) is 11.5 Å². The molecule has 1 aromatic heterocycles. The maximum Gasteiger partial charge on any atom is 0.231 e. The van der Waals surface area contributed by atoms with Gasteiger partial charge in [-0.15, -0.1) is 0 Å². The van der Waals surface area contributed by atoms with Gasteiger partial charge >= 0.3 is 0 Å². The second kappa shape index (κ2) is 8.25. The van der Waals surface area contributed by atoms with Crippen LogP contribution in [0.3, 0.4) is 0 Å². The van der Waals surface area contributed by atoms with Gasteiger partial charge in [0.25, 0.3) is 0 Å². The standard InChI is InChI=1S/C20H27NO3/c1-15(2)5-6-16(9-10-21-13-18-4-3-11-22-18)17-7-8-19-20(12-17)24-14-23-19/h3-4,7-8,11-12,15-16,21H,5-6,9-10,13-14H2,1-2H3/p+1/t16-/m0/s1. The molecule has 3 rings (SSSR count). The normalized spacial score (nSPS) is 14.3. The molecule has 0 bridgehead atoms. The minimum atomic E-state index is 0.340. The molecule has 0 radical (unpaired) electrons. The monoisotopic (exact) mass is 330 g/mol. The minimum absolute atomic E-state index is 0.340. The van der Waals surface area contributed by atoms with E-state index >= 15 is 0 Å². The molecule has 4 heteroatoms. The third-order valence-corrected chi connectivity index (χ3v) is 4.61. The fourth-order valence-corrected chi connectivity index (χ4v) is 3.17. The van der Waals surface area contributed by atoms with E-state index < -0.39 is 0 Å². The van der Waals surface area contributed by atoms with Gasteiger partial charge in [-0.05, 0) is 48.1 Å². The van der Waals surface area contributed by atoms with Crippen molar-refractivity contribution >= 4 is 0 Å². The van der Waals surface area contributed by atoms with Crippen LogP contribution in [0.4, 0.5) is 0 Å². The van der Waals surface area contributed by atoms with Gasteiger partial charge in [0.1, 0.15) is 6.54 Å². The zero-order valence-electron chi connectivity index (χ0n) is 14.7. The number of fused-ring (bicyclic) bond motifs is 1. The average Bonchev–Trinajstić information content (AvgIpc) is 3.24. The molecule has 2 aromatic rings. The molecule has 0 aliphatic carbocycles. The summed E-state index contributed by atoms with van der Waals surface area (Å²) >= 11 is 0. The van der Waals surface area contributed by atoms with Gasteiger partial charge in [0.15, 0.2) is 17.3 Å². The Morgan fingerprint density at radius 3 is 2.71 bits per heavy atom. The van der Waals surface area contributed by atoms with E-state index in [1.807, 2.05) is 18.2 Å².